The minimum atomic E-state index is -1.28. The minimum Gasteiger partial charge on any atom is -0.396 e. The Morgan fingerprint density at radius 3 is 0.774 bits per heavy atom. The van der Waals surface area contributed by atoms with E-state index in [0.717, 1.165) is 32.1 Å². The summed E-state index contributed by atoms with van der Waals surface area (Å²) in [5.74, 6) is 0. The van der Waals surface area contributed by atoms with E-state index in [1.54, 1.807) is 0 Å². The summed E-state index contributed by atoms with van der Waals surface area (Å²) in [5, 5.41) is 49.8. The third kappa shape index (κ3) is 50.5. The van der Waals surface area contributed by atoms with E-state index in [9.17, 15) is 20.4 Å². The zero-order valence-electron chi connectivity index (χ0n) is 42.4. The SMILES string of the molecule is CCCCCCCC/C=C\CCCCCCCCO.CCCCCCCCCCCCCCCCC(O)(CO)COCC(O)(CO)CCCCCCCCCCCCCCCC. The normalized spacial score (nSPS) is 13.7. The summed E-state index contributed by atoms with van der Waals surface area (Å²) in [5.41, 5.74) is -2.55. The highest BCUT2D eigenvalue weighted by Gasteiger charge is 2.30. The van der Waals surface area contributed by atoms with Crippen LogP contribution < -0.4 is 0 Å². The summed E-state index contributed by atoms with van der Waals surface area (Å²) in [6, 6.07) is 0. The Morgan fingerprint density at radius 2 is 0.532 bits per heavy atom. The van der Waals surface area contributed by atoms with Crippen molar-refractivity contribution in [3.63, 3.8) is 0 Å². The van der Waals surface area contributed by atoms with Crippen molar-refractivity contribution in [2.24, 2.45) is 0 Å². The van der Waals surface area contributed by atoms with Crippen molar-refractivity contribution in [3.8, 4) is 0 Å². The zero-order chi connectivity index (χ0) is 45.8. The molecule has 2 unspecified atom stereocenters. The highest BCUT2D eigenvalue weighted by atomic mass is 16.5. The molecule has 0 aromatic carbocycles. The van der Waals surface area contributed by atoms with Crippen LogP contribution in [-0.4, -0.2) is 69.8 Å². The Kier molecular flexibility index (Phi) is 54.5. The van der Waals surface area contributed by atoms with Crippen molar-refractivity contribution in [1.82, 2.24) is 0 Å². The molecule has 0 aliphatic heterocycles. The van der Waals surface area contributed by atoms with Gasteiger partial charge in [-0.1, -0.05) is 270 Å². The van der Waals surface area contributed by atoms with Gasteiger partial charge < -0.3 is 30.3 Å². The molecule has 0 spiro atoms. The van der Waals surface area contributed by atoms with Crippen molar-refractivity contribution in [2.45, 2.75) is 314 Å². The van der Waals surface area contributed by atoms with Gasteiger partial charge in [0, 0.05) is 6.61 Å². The minimum absolute atomic E-state index is 0.0109. The molecule has 0 aliphatic carbocycles. The zero-order valence-corrected chi connectivity index (χ0v) is 42.4. The molecule has 374 valence electrons. The molecule has 0 radical (unpaired) electrons. The van der Waals surface area contributed by atoms with Crippen molar-refractivity contribution < 1.29 is 30.3 Å². The molecule has 6 heteroatoms. The maximum Gasteiger partial charge on any atom is 0.111 e. The van der Waals surface area contributed by atoms with Crippen molar-refractivity contribution >= 4 is 0 Å². The summed E-state index contributed by atoms with van der Waals surface area (Å²) in [6.07, 6.45) is 60.2. The first-order valence-corrected chi connectivity index (χ1v) is 27.9. The molecule has 0 aliphatic rings. The van der Waals surface area contributed by atoms with E-state index in [0.29, 0.717) is 19.4 Å². The summed E-state index contributed by atoms with van der Waals surface area (Å²) < 4.78 is 5.66. The molecule has 0 aromatic heterocycles. The lowest BCUT2D eigenvalue weighted by Crippen LogP contribution is -2.43. The molecule has 0 rings (SSSR count). The molecule has 5 N–H and O–H groups in total. The van der Waals surface area contributed by atoms with Crippen LogP contribution in [0.5, 0.6) is 0 Å². The number of rotatable bonds is 51. The first kappa shape index (κ1) is 63.6. The lowest BCUT2D eigenvalue weighted by atomic mass is 9.95. The Labute approximate surface area is 388 Å². The van der Waals surface area contributed by atoms with Gasteiger partial charge in [0.15, 0.2) is 0 Å². The van der Waals surface area contributed by atoms with E-state index in [1.165, 1.54) is 238 Å². The summed E-state index contributed by atoms with van der Waals surface area (Å²) in [7, 11) is 0. The van der Waals surface area contributed by atoms with Gasteiger partial charge in [0.05, 0.1) is 26.4 Å². The number of hydrogen-bond donors (Lipinski definition) is 5. The van der Waals surface area contributed by atoms with Gasteiger partial charge in [-0.05, 0) is 44.9 Å². The topological polar surface area (TPSA) is 110 Å². The predicted molar refractivity (Wildman–Crippen MR) is 271 cm³/mol. The highest BCUT2D eigenvalue weighted by Crippen LogP contribution is 2.22. The molecule has 0 aromatic rings. The molecule has 0 saturated carbocycles. The van der Waals surface area contributed by atoms with Crippen LogP contribution in [0.4, 0.5) is 0 Å². The van der Waals surface area contributed by atoms with Crippen LogP contribution in [0, 0.1) is 0 Å². The van der Waals surface area contributed by atoms with E-state index in [4.69, 9.17) is 9.84 Å². The fourth-order valence-electron chi connectivity index (χ4n) is 8.48. The molecular weight excluding hydrogens is 769 g/mol. The van der Waals surface area contributed by atoms with Crippen LogP contribution >= 0.6 is 0 Å². The monoisotopic (exact) mass is 883 g/mol. The fourth-order valence-corrected chi connectivity index (χ4v) is 8.48. The van der Waals surface area contributed by atoms with Gasteiger partial charge in [0.1, 0.15) is 11.2 Å². The number of allylic oxidation sites excluding steroid dienone is 2. The number of aliphatic hydroxyl groups is 5. The van der Waals surface area contributed by atoms with Crippen LogP contribution in [0.3, 0.4) is 0 Å². The lowest BCUT2D eigenvalue weighted by molar-refractivity contribution is -0.129. The van der Waals surface area contributed by atoms with E-state index in [1.807, 2.05) is 0 Å². The van der Waals surface area contributed by atoms with Gasteiger partial charge >= 0.3 is 0 Å². The van der Waals surface area contributed by atoms with Gasteiger partial charge in [0.2, 0.25) is 0 Å². The standard InChI is InChI=1S/C38H78O5.C18H36O/c1-3-5-7-9-11-13-15-17-19-21-23-25-27-29-31-37(41,33-39)35-43-36-38(42,34-40)32-30-28-26-24-22-20-18-16-14-12-10-8-6-4-2;1-2-3-4-5-6-7-8-9-10-11-12-13-14-15-16-17-18-19/h39-42H,3-36H2,1-2H3;9-10,19H,2-8,11-18H2,1H3/b;10-9-. The second-order valence-corrected chi connectivity index (χ2v) is 19.6. The van der Waals surface area contributed by atoms with Crippen LogP contribution in [-0.2, 0) is 4.74 Å². The third-order valence-corrected chi connectivity index (χ3v) is 13.0. The Morgan fingerprint density at radius 1 is 0.306 bits per heavy atom. The second-order valence-electron chi connectivity index (χ2n) is 19.6. The molecule has 0 bridgehead atoms. The van der Waals surface area contributed by atoms with Crippen molar-refractivity contribution in [1.29, 1.82) is 0 Å². The van der Waals surface area contributed by atoms with Crippen molar-refractivity contribution in [2.75, 3.05) is 33.0 Å². The van der Waals surface area contributed by atoms with Gasteiger partial charge in [-0.3, -0.25) is 0 Å². The van der Waals surface area contributed by atoms with Crippen LogP contribution in [0.25, 0.3) is 0 Å². The number of hydrogen-bond acceptors (Lipinski definition) is 6. The van der Waals surface area contributed by atoms with Gasteiger partial charge in [0.25, 0.3) is 0 Å². The molecule has 0 amide bonds. The molecule has 62 heavy (non-hydrogen) atoms. The van der Waals surface area contributed by atoms with Gasteiger partial charge in [-0.2, -0.15) is 0 Å². The fraction of sp³-hybridized carbons (Fsp3) is 0.964. The maximum atomic E-state index is 10.8. The molecule has 0 fully saturated rings. The smallest absolute Gasteiger partial charge is 0.111 e. The first-order valence-electron chi connectivity index (χ1n) is 27.9. The average molecular weight is 884 g/mol. The Hall–Kier alpha value is -0.500. The highest BCUT2D eigenvalue weighted by molar-refractivity contribution is 4.82. The van der Waals surface area contributed by atoms with E-state index < -0.39 is 11.2 Å². The van der Waals surface area contributed by atoms with Crippen LogP contribution in [0.2, 0.25) is 0 Å². The third-order valence-electron chi connectivity index (χ3n) is 13.0. The number of aliphatic hydroxyl groups excluding tert-OH is 3. The first-order chi connectivity index (χ1) is 30.4. The Bertz CT molecular complexity index is 791. The summed E-state index contributed by atoms with van der Waals surface area (Å²) in [4.78, 5) is 0. The number of ether oxygens (including phenoxy) is 1. The van der Waals surface area contributed by atoms with E-state index >= 15 is 0 Å². The molecule has 0 saturated heterocycles. The van der Waals surface area contributed by atoms with E-state index in [-0.39, 0.29) is 26.4 Å². The van der Waals surface area contributed by atoms with Crippen LogP contribution in [0.1, 0.15) is 303 Å². The lowest BCUT2D eigenvalue weighted by Gasteiger charge is -2.30. The summed E-state index contributed by atoms with van der Waals surface area (Å²) >= 11 is 0. The average Bonchev–Trinajstić information content (AvgIpc) is 3.28. The number of unbranched alkanes of at least 4 members (excludes halogenated alkanes) is 38. The quantitative estimate of drug-likeness (QED) is 0.0307. The van der Waals surface area contributed by atoms with Crippen molar-refractivity contribution in [3.05, 3.63) is 12.2 Å². The molecule has 0 heterocycles. The Balaban J connectivity index is 0. The molecule has 2 atom stereocenters. The predicted octanol–water partition coefficient (Wildman–Crippen LogP) is 16.2. The second kappa shape index (κ2) is 53.1. The van der Waals surface area contributed by atoms with E-state index in [2.05, 4.69) is 32.9 Å². The van der Waals surface area contributed by atoms with Gasteiger partial charge in [-0.25, -0.2) is 0 Å². The van der Waals surface area contributed by atoms with Gasteiger partial charge in [-0.15, -0.1) is 0 Å². The van der Waals surface area contributed by atoms with Crippen LogP contribution in [0.15, 0.2) is 12.2 Å². The maximum absolute atomic E-state index is 10.8. The largest absolute Gasteiger partial charge is 0.396 e. The molecule has 6 nitrogen and oxygen atoms in total. The summed E-state index contributed by atoms with van der Waals surface area (Å²) in [6.45, 7) is 6.46. The molecular formula is C56H114O6.